The van der Waals surface area contributed by atoms with E-state index in [-0.39, 0.29) is 5.84 Å². The van der Waals surface area contributed by atoms with Gasteiger partial charge in [-0.25, -0.2) is 4.99 Å². The summed E-state index contributed by atoms with van der Waals surface area (Å²) >= 11 is 0. The minimum absolute atomic E-state index is 0.232. The molecule has 8 heteroatoms. The van der Waals surface area contributed by atoms with E-state index in [0.29, 0.717) is 11.3 Å². The van der Waals surface area contributed by atoms with Crippen LogP contribution in [-0.2, 0) is 0 Å². The molecule has 1 atom stereocenters. The van der Waals surface area contributed by atoms with E-state index in [1.807, 2.05) is 0 Å². The zero-order valence-corrected chi connectivity index (χ0v) is 13.7. The van der Waals surface area contributed by atoms with E-state index in [0.717, 1.165) is 11.0 Å². The van der Waals surface area contributed by atoms with Crippen molar-refractivity contribution < 1.29 is 26.3 Å². The first-order valence-corrected chi connectivity index (χ1v) is 7.61. The molecule has 0 N–H and O–H groups in total. The molecule has 0 aliphatic carbocycles. The van der Waals surface area contributed by atoms with Gasteiger partial charge in [0.15, 0.2) is 0 Å². The Hall–Kier alpha value is -1.99. The highest BCUT2D eigenvalue weighted by Crippen LogP contribution is 2.56. The Morgan fingerprint density at radius 1 is 0.960 bits per heavy atom. The Labute approximate surface area is 140 Å². The number of alkyl halides is 6. The van der Waals surface area contributed by atoms with Crippen LogP contribution in [0, 0.1) is 5.41 Å². The summed E-state index contributed by atoms with van der Waals surface area (Å²) in [6.45, 7) is 4.64. The Balaban J connectivity index is 2.34. The molecule has 0 saturated carbocycles. The summed E-state index contributed by atoms with van der Waals surface area (Å²) in [6, 6.07) is 4.40. The lowest BCUT2D eigenvalue weighted by atomic mass is 9.85. The summed E-state index contributed by atoms with van der Waals surface area (Å²) < 4.78 is 82.4. The van der Waals surface area contributed by atoms with Crippen LogP contribution in [-0.4, -0.2) is 29.8 Å². The first-order chi connectivity index (χ1) is 11.3. The van der Waals surface area contributed by atoms with Crippen molar-refractivity contribution in [3.8, 4) is 0 Å². The van der Waals surface area contributed by atoms with Gasteiger partial charge in [0.2, 0.25) is 0 Å². The van der Waals surface area contributed by atoms with Crippen molar-refractivity contribution in [2.24, 2.45) is 10.4 Å². The second-order valence-electron chi connectivity index (χ2n) is 7.18. The molecule has 25 heavy (non-hydrogen) atoms. The molecule has 0 saturated heterocycles. The fraction of sp³-hybridized carbons (Fsp3) is 0.471. The Morgan fingerprint density at radius 3 is 2.04 bits per heavy atom. The molecule has 0 fully saturated rings. The summed E-state index contributed by atoms with van der Waals surface area (Å²) in [5.41, 5.74) is -4.35. The first-order valence-electron chi connectivity index (χ1n) is 7.61. The van der Waals surface area contributed by atoms with Gasteiger partial charge in [-0.3, -0.25) is 0 Å². The van der Waals surface area contributed by atoms with Crippen molar-refractivity contribution in [3.05, 3.63) is 35.9 Å². The molecule has 0 amide bonds. The maximum absolute atomic E-state index is 13.7. The Bertz CT molecular complexity index is 738. The summed E-state index contributed by atoms with van der Waals surface area (Å²) in [5.74, 6) is -0.232. The second-order valence-corrected chi connectivity index (χ2v) is 7.18. The molecule has 2 heterocycles. The van der Waals surface area contributed by atoms with Gasteiger partial charge < -0.3 is 4.90 Å². The smallest absolute Gasteiger partial charge is 0.319 e. The fourth-order valence-electron chi connectivity index (χ4n) is 3.29. The normalized spacial score (nSPS) is 22.5. The van der Waals surface area contributed by atoms with Crippen LogP contribution >= 0.6 is 0 Å². The van der Waals surface area contributed by atoms with Crippen LogP contribution in [0.1, 0.15) is 26.3 Å². The van der Waals surface area contributed by atoms with Crippen molar-refractivity contribution in [2.75, 3.05) is 4.90 Å². The highest BCUT2D eigenvalue weighted by Gasteiger charge is 2.78. The summed E-state index contributed by atoms with van der Waals surface area (Å²) in [7, 11) is 0. The van der Waals surface area contributed by atoms with Crippen LogP contribution in [0.2, 0.25) is 0 Å². The predicted octanol–water partition coefficient (Wildman–Crippen LogP) is 5.21. The van der Waals surface area contributed by atoms with Gasteiger partial charge in [-0.05, 0) is 11.6 Å². The van der Waals surface area contributed by atoms with E-state index in [2.05, 4.69) is 4.99 Å². The number of hydrogen-bond acceptors (Lipinski definition) is 2. The average Bonchev–Trinajstić information content (AvgIpc) is 2.83. The van der Waals surface area contributed by atoms with E-state index in [1.54, 1.807) is 39.0 Å². The van der Waals surface area contributed by atoms with Gasteiger partial charge in [-0.15, -0.1) is 0 Å². The van der Waals surface area contributed by atoms with Gasteiger partial charge in [0.25, 0.3) is 5.54 Å². The molecule has 0 aromatic heterocycles. The van der Waals surface area contributed by atoms with Crippen molar-refractivity contribution >= 4 is 17.6 Å². The number of nitrogens with zero attached hydrogens (tertiary/aromatic N) is 2. The van der Waals surface area contributed by atoms with Gasteiger partial charge in [0.05, 0.1) is 11.7 Å². The number of aliphatic imine (C=N–C) groups is 1. The third-order valence-electron chi connectivity index (χ3n) is 4.41. The van der Waals surface area contributed by atoms with Crippen LogP contribution in [0.5, 0.6) is 0 Å². The summed E-state index contributed by atoms with van der Waals surface area (Å²) in [6.07, 6.45) is -8.93. The third-order valence-corrected chi connectivity index (χ3v) is 4.41. The molecule has 2 nitrogen and oxygen atoms in total. The topological polar surface area (TPSA) is 15.6 Å². The van der Waals surface area contributed by atoms with Gasteiger partial charge in [-0.2, -0.15) is 26.3 Å². The maximum atomic E-state index is 13.7. The fourth-order valence-corrected chi connectivity index (χ4v) is 3.29. The number of para-hydroxylation sites is 1. The number of benzene rings is 1. The van der Waals surface area contributed by atoms with Crippen LogP contribution in [0.4, 0.5) is 32.0 Å². The number of halogens is 6. The van der Waals surface area contributed by atoms with Crippen molar-refractivity contribution in [2.45, 2.75) is 44.7 Å². The highest BCUT2D eigenvalue weighted by molar-refractivity contribution is 6.07. The van der Waals surface area contributed by atoms with E-state index < -0.39 is 29.3 Å². The molecule has 0 radical (unpaired) electrons. The van der Waals surface area contributed by atoms with E-state index in [4.69, 9.17) is 0 Å². The van der Waals surface area contributed by atoms with Gasteiger partial charge >= 0.3 is 12.4 Å². The third kappa shape index (κ3) is 2.37. The minimum Gasteiger partial charge on any atom is -0.319 e. The molecule has 2 aliphatic rings. The zero-order valence-electron chi connectivity index (χ0n) is 13.7. The standard InChI is InChI=1S/C17H16F6N2/c1-14(2,3)13-24-15(16(18,19)20,17(21,22)23)12-9-8-10-6-4-5-7-11(10)25(12)13/h4-9,12H,1-3H3. The predicted molar refractivity (Wildman–Crippen MR) is 83.5 cm³/mol. The molecule has 1 unspecified atom stereocenters. The lowest BCUT2D eigenvalue weighted by molar-refractivity contribution is -0.294. The highest BCUT2D eigenvalue weighted by atomic mass is 19.4. The quantitative estimate of drug-likeness (QED) is 0.579. The summed E-state index contributed by atoms with van der Waals surface area (Å²) in [4.78, 5) is 4.40. The maximum Gasteiger partial charge on any atom is 0.425 e. The molecular weight excluding hydrogens is 346 g/mol. The van der Waals surface area contributed by atoms with Crippen molar-refractivity contribution in [3.63, 3.8) is 0 Å². The SMILES string of the molecule is CC(C)(C)C1=NC(C(F)(F)F)(C(F)(F)F)C2C=Cc3ccccc3N12. The Morgan fingerprint density at radius 2 is 1.52 bits per heavy atom. The van der Waals surface area contributed by atoms with Gasteiger partial charge in [0.1, 0.15) is 5.84 Å². The molecule has 0 spiro atoms. The molecule has 2 aliphatic heterocycles. The molecule has 1 aromatic carbocycles. The number of hydrogen-bond donors (Lipinski definition) is 0. The van der Waals surface area contributed by atoms with Crippen molar-refractivity contribution in [1.29, 1.82) is 0 Å². The monoisotopic (exact) mass is 362 g/mol. The van der Waals surface area contributed by atoms with Gasteiger partial charge in [0, 0.05) is 5.41 Å². The van der Waals surface area contributed by atoms with Gasteiger partial charge in [-0.1, -0.05) is 51.1 Å². The molecular formula is C17H16F6N2. The minimum atomic E-state index is -5.59. The van der Waals surface area contributed by atoms with Crippen LogP contribution in [0.3, 0.4) is 0 Å². The lowest BCUT2D eigenvalue weighted by Gasteiger charge is -2.41. The van der Waals surface area contributed by atoms with Crippen molar-refractivity contribution in [1.82, 2.24) is 0 Å². The van der Waals surface area contributed by atoms with Crippen LogP contribution in [0.25, 0.3) is 6.08 Å². The molecule has 3 rings (SSSR count). The number of amidine groups is 1. The first kappa shape index (κ1) is 17.8. The Kier molecular flexibility index (Phi) is 3.58. The average molecular weight is 362 g/mol. The van der Waals surface area contributed by atoms with E-state index in [1.165, 1.54) is 12.1 Å². The summed E-state index contributed by atoms with van der Waals surface area (Å²) in [5, 5.41) is 0. The largest absolute Gasteiger partial charge is 0.425 e. The second kappa shape index (κ2) is 5.02. The van der Waals surface area contributed by atoms with E-state index in [9.17, 15) is 26.3 Å². The van der Waals surface area contributed by atoms with Crippen LogP contribution < -0.4 is 4.90 Å². The number of rotatable bonds is 0. The van der Waals surface area contributed by atoms with Crippen LogP contribution in [0.15, 0.2) is 35.3 Å². The molecule has 0 bridgehead atoms. The lowest BCUT2D eigenvalue weighted by Crippen LogP contribution is -2.64. The molecule has 1 aromatic rings. The molecule has 136 valence electrons. The number of anilines is 1. The van der Waals surface area contributed by atoms with E-state index >= 15 is 0 Å². The zero-order chi connectivity index (χ0) is 18.8. The number of fused-ring (bicyclic) bond motifs is 3.